The van der Waals surface area contributed by atoms with Crippen LogP contribution >= 0.6 is 15.9 Å². The second-order valence-electron chi connectivity index (χ2n) is 4.35. The average molecular weight is 311 g/mol. The fourth-order valence-corrected chi connectivity index (χ4v) is 2.19. The number of allylic oxidation sites excluding steroid dienone is 1. The SMILES string of the molecule is CC[N+](/C=C/C(=O)c1ccc(Br)cc1)(CC)CC. The fraction of sp³-hybridized carbons (Fsp3) is 0.400. The van der Waals surface area contributed by atoms with Gasteiger partial charge in [0.1, 0.15) is 0 Å². The molecule has 0 aliphatic carbocycles. The van der Waals surface area contributed by atoms with Crippen molar-refractivity contribution in [1.29, 1.82) is 0 Å². The lowest BCUT2D eigenvalue weighted by Crippen LogP contribution is -2.42. The van der Waals surface area contributed by atoms with Crippen molar-refractivity contribution in [2.45, 2.75) is 20.8 Å². The summed E-state index contributed by atoms with van der Waals surface area (Å²) in [5.41, 5.74) is 0.732. The van der Waals surface area contributed by atoms with Gasteiger partial charge in [0.15, 0.2) is 5.78 Å². The Labute approximate surface area is 118 Å². The molecule has 1 rings (SSSR count). The molecule has 0 atom stereocenters. The van der Waals surface area contributed by atoms with Crippen LogP contribution in [0.2, 0.25) is 0 Å². The number of rotatable bonds is 6. The van der Waals surface area contributed by atoms with E-state index in [-0.39, 0.29) is 5.78 Å². The first-order chi connectivity index (χ1) is 8.56. The van der Waals surface area contributed by atoms with Gasteiger partial charge in [-0.25, -0.2) is 0 Å². The maximum atomic E-state index is 12.0. The highest BCUT2D eigenvalue weighted by Gasteiger charge is 2.17. The van der Waals surface area contributed by atoms with Crippen LogP contribution in [0.5, 0.6) is 0 Å². The first-order valence-corrected chi connectivity index (χ1v) is 7.21. The molecular weight excluding hydrogens is 290 g/mol. The quantitative estimate of drug-likeness (QED) is 0.440. The molecule has 0 unspecified atom stereocenters. The van der Waals surface area contributed by atoms with E-state index in [4.69, 9.17) is 0 Å². The minimum absolute atomic E-state index is 0.0698. The molecule has 0 heterocycles. The minimum atomic E-state index is 0.0698. The number of hydrogen-bond acceptors (Lipinski definition) is 1. The van der Waals surface area contributed by atoms with Crippen molar-refractivity contribution < 1.29 is 9.28 Å². The van der Waals surface area contributed by atoms with E-state index in [1.807, 2.05) is 30.5 Å². The van der Waals surface area contributed by atoms with Gasteiger partial charge in [0.05, 0.1) is 25.8 Å². The van der Waals surface area contributed by atoms with E-state index in [0.717, 1.165) is 34.2 Å². The van der Waals surface area contributed by atoms with Crippen molar-refractivity contribution in [2.24, 2.45) is 0 Å². The summed E-state index contributed by atoms with van der Waals surface area (Å²) < 4.78 is 1.84. The maximum absolute atomic E-state index is 12.0. The molecule has 1 aromatic carbocycles. The second-order valence-corrected chi connectivity index (χ2v) is 5.27. The summed E-state index contributed by atoms with van der Waals surface area (Å²) in [5, 5.41) is 0. The van der Waals surface area contributed by atoms with Gasteiger partial charge in [-0.15, -0.1) is 0 Å². The van der Waals surface area contributed by atoms with Crippen LogP contribution in [0.1, 0.15) is 31.1 Å². The van der Waals surface area contributed by atoms with E-state index in [1.165, 1.54) is 0 Å². The summed E-state index contributed by atoms with van der Waals surface area (Å²) in [7, 11) is 0. The average Bonchev–Trinajstić information content (AvgIpc) is 2.41. The lowest BCUT2D eigenvalue weighted by molar-refractivity contribution is -0.874. The molecule has 0 aliphatic rings. The Bertz CT molecular complexity index is 410. The highest BCUT2D eigenvalue weighted by Crippen LogP contribution is 2.12. The maximum Gasteiger partial charge on any atom is 0.191 e. The third kappa shape index (κ3) is 3.79. The van der Waals surface area contributed by atoms with Crippen LogP contribution < -0.4 is 0 Å². The van der Waals surface area contributed by atoms with Gasteiger partial charge in [0.25, 0.3) is 0 Å². The van der Waals surface area contributed by atoms with Gasteiger partial charge < -0.3 is 0 Å². The van der Waals surface area contributed by atoms with Crippen LogP contribution in [0.25, 0.3) is 0 Å². The smallest absolute Gasteiger partial charge is 0.191 e. The zero-order valence-electron chi connectivity index (χ0n) is 11.3. The number of ketones is 1. The molecule has 0 spiro atoms. The van der Waals surface area contributed by atoms with Crippen LogP contribution in [0.3, 0.4) is 0 Å². The van der Waals surface area contributed by atoms with E-state index in [2.05, 4.69) is 36.7 Å². The second kappa shape index (κ2) is 6.86. The topological polar surface area (TPSA) is 17.1 Å². The van der Waals surface area contributed by atoms with Gasteiger partial charge in [-0.1, -0.05) is 15.9 Å². The molecule has 3 heteroatoms. The molecule has 18 heavy (non-hydrogen) atoms. The zero-order valence-corrected chi connectivity index (χ0v) is 12.9. The van der Waals surface area contributed by atoms with Crippen LogP contribution in [-0.2, 0) is 0 Å². The number of halogens is 1. The molecule has 0 N–H and O–H groups in total. The van der Waals surface area contributed by atoms with E-state index < -0.39 is 0 Å². The molecule has 0 aliphatic heterocycles. The fourth-order valence-electron chi connectivity index (χ4n) is 1.92. The molecule has 0 radical (unpaired) electrons. The standard InChI is InChI=1S/C15H21BrNO/c1-4-17(5-2,6-3)12-11-15(18)13-7-9-14(16)10-8-13/h7-12H,4-6H2,1-3H3/q+1/b12-11+. The Morgan fingerprint density at radius 2 is 1.61 bits per heavy atom. The molecule has 1 aromatic rings. The highest BCUT2D eigenvalue weighted by atomic mass is 79.9. The summed E-state index contributed by atoms with van der Waals surface area (Å²) >= 11 is 3.37. The Morgan fingerprint density at radius 3 is 2.06 bits per heavy atom. The molecule has 0 amide bonds. The largest absolute Gasteiger partial charge is 0.298 e. The monoisotopic (exact) mass is 310 g/mol. The van der Waals surface area contributed by atoms with Gasteiger partial charge in [-0.3, -0.25) is 9.28 Å². The van der Waals surface area contributed by atoms with Crippen LogP contribution in [0.15, 0.2) is 41.0 Å². The number of benzene rings is 1. The Kier molecular flexibility index (Phi) is 5.76. The Balaban J connectivity index is 2.83. The van der Waals surface area contributed by atoms with Crippen molar-refractivity contribution in [1.82, 2.24) is 0 Å². The van der Waals surface area contributed by atoms with Crippen molar-refractivity contribution >= 4 is 21.7 Å². The van der Waals surface area contributed by atoms with Crippen molar-refractivity contribution in [2.75, 3.05) is 19.6 Å². The third-order valence-electron chi connectivity index (χ3n) is 3.56. The first kappa shape index (κ1) is 15.1. The molecule has 2 nitrogen and oxygen atoms in total. The normalized spacial score (nSPS) is 12.0. The number of nitrogens with zero attached hydrogens (tertiary/aromatic N) is 1. The minimum Gasteiger partial charge on any atom is -0.298 e. The summed E-state index contributed by atoms with van der Waals surface area (Å²) in [6.45, 7) is 9.50. The number of carbonyl (C=O) groups excluding carboxylic acids is 1. The summed E-state index contributed by atoms with van der Waals surface area (Å²) in [6, 6.07) is 7.47. The molecule has 0 bridgehead atoms. The van der Waals surface area contributed by atoms with Crippen LogP contribution in [-0.4, -0.2) is 29.9 Å². The van der Waals surface area contributed by atoms with Crippen molar-refractivity contribution in [3.8, 4) is 0 Å². The zero-order chi connectivity index (χ0) is 13.6. The molecule has 0 saturated heterocycles. The Hall–Kier alpha value is -0.930. The molecule has 0 aromatic heterocycles. The third-order valence-corrected chi connectivity index (χ3v) is 4.09. The molecule has 0 saturated carbocycles. The van der Waals surface area contributed by atoms with Gasteiger partial charge in [0.2, 0.25) is 0 Å². The lowest BCUT2D eigenvalue weighted by atomic mass is 10.1. The van der Waals surface area contributed by atoms with Crippen molar-refractivity contribution in [3.63, 3.8) is 0 Å². The summed E-state index contributed by atoms with van der Waals surface area (Å²) in [5.74, 6) is 0.0698. The number of hydrogen-bond donors (Lipinski definition) is 0. The van der Waals surface area contributed by atoms with E-state index in [0.29, 0.717) is 0 Å². The van der Waals surface area contributed by atoms with Gasteiger partial charge in [-0.05, 0) is 45.0 Å². The first-order valence-electron chi connectivity index (χ1n) is 6.41. The van der Waals surface area contributed by atoms with Gasteiger partial charge in [0, 0.05) is 16.1 Å². The van der Waals surface area contributed by atoms with Crippen molar-refractivity contribution in [3.05, 3.63) is 46.6 Å². The van der Waals surface area contributed by atoms with Crippen LogP contribution in [0.4, 0.5) is 0 Å². The molecular formula is C15H21BrNO+. The van der Waals surface area contributed by atoms with Crippen LogP contribution in [0, 0.1) is 0 Å². The Morgan fingerprint density at radius 1 is 1.11 bits per heavy atom. The highest BCUT2D eigenvalue weighted by molar-refractivity contribution is 9.10. The van der Waals surface area contributed by atoms with Gasteiger partial charge >= 0.3 is 0 Å². The van der Waals surface area contributed by atoms with Gasteiger partial charge in [-0.2, -0.15) is 0 Å². The number of carbonyl (C=O) groups is 1. The lowest BCUT2D eigenvalue weighted by Gasteiger charge is -2.31. The predicted molar refractivity (Wildman–Crippen MR) is 79.5 cm³/mol. The molecule has 0 fully saturated rings. The predicted octanol–water partition coefficient (Wildman–Crippen LogP) is 4.02. The molecule has 98 valence electrons. The number of quaternary nitrogens is 1. The van der Waals surface area contributed by atoms with E-state index >= 15 is 0 Å². The van der Waals surface area contributed by atoms with E-state index in [9.17, 15) is 4.79 Å². The van der Waals surface area contributed by atoms with E-state index in [1.54, 1.807) is 6.08 Å². The summed E-state index contributed by atoms with van der Waals surface area (Å²) in [4.78, 5) is 12.0. The summed E-state index contributed by atoms with van der Waals surface area (Å²) in [6.07, 6.45) is 3.74.